The Labute approximate surface area is 98.2 Å². The quantitative estimate of drug-likeness (QED) is 0.294. The van der Waals surface area contributed by atoms with Gasteiger partial charge in [-0.05, 0) is 12.1 Å². The number of anilines is 1. The topological polar surface area (TPSA) is 134 Å². The molecule has 0 aliphatic carbocycles. The molecule has 1 aromatic rings. The molecule has 0 heterocycles. The number of hydrogen-bond donors (Lipinski definition) is 5. The smallest absolute Gasteiger partial charge is 0.466 e. The van der Waals surface area contributed by atoms with Gasteiger partial charge >= 0.3 is 7.82 Å². The number of phosphoric acid groups is 1. The number of nitrogens with two attached hydrogens (primary N) is 1. The summed E-state index contributed by atoms with van der Waals surface area (Å²) in [5.74, 6) is 6.57. The highest BCUT2D eigenvalue weighted by Crippen LogP contribution is 2.29. The zero-order chi connectivity index (χ0) is 13.5. The molecule has 0 radical (unpaired) electrons. The molecule has 17 heavy (non-hydrogen) atoms. The van der Waals surface area contributed by atoms with Crippen LogP contribution in [0, 0.1) is 0 Å². The number of nitrogens with one attached hydrogen (secondary N) is 1. The minimum Gasteiger partial charge on any atom is -0.493 e. The first kappa shape index (κ1) is 15.7. The molecule has 1 aromatic carbocycles. The second kappa shape index (κ2) is 7.10. The molecule has 98 valence electrons. The fourth-order valence-corrected chi connectivity index (χ4v) is 0.926. The van der Waals surface area contributed by atoms with Crippen molar-refractivity contribution in [3.63, 3.8) is 0 Å². The molecule has 0 amide bonds. The lowest BCUT2D eigenvalue weighted by molar-refractivity contribution is 0.275. The number of hydrogen-bond acceptors (Lipinski definition) is 5. The Balaban J connectivity index is 0.000000437. The van der Waals surface area contributed by atoms with Gasteiger partial charge in [-0.3, -0.25) is 5.84 Å². The van der Waals surface area contributed by atoms with Crippen molar-refractivity contribution in [2.45, 2.75) is 0 Å². The first-order valence-electron chi connectivity index (χ1n) is 4.28. The number of rotatable bonds is 3. The first-order chi connectivity index (χ1) is 7.81. The van der Waals surface area contributed by atoms with Gasteiger partial charge in [-0.2, -0.15) is 0 Å². The summed E-state index contributed by atoms with van der Waals surface area (Å²) < 4.78 is 19.0. The van der Waals surface area contributed by atoms with Crippen LogP contribution < -0.4 is 20.7 Å². The third kappa shape index (κ3) is 7.56. The van der Waals surface area contributed by atoms with Crippen LogP contribution in [-0.2, 0) is 4.57 Å². The maximum absolute atomic E-state index is 8.88. The number of nitrogen functional groups attached to an aromatic ring is 1. The van der Waals surface area contributed by atoms with Crippen LogP contribution in [0.1, 0.15) is 0 Å². The van der Waals surface area contributed by atoms with Gasteiger partial charge in [-0.25, -0.2) is 4.57 Å². The summed E-state index contributed by atoms with van der Waals surface area (Å²) in [6, 6.07) is 5.36. The van der Waals surface area contributed by atoms with Crippen LogP contribution in [0.4, 0.5) is 5.69 Å². The fraction of sp³-hybridized carbons (Fsp3) is 0.250. The van der Waals surface area contributed by atoms with Crippen molar-refractivity contribution in [1.82, 2.24) is 0 Å². The van der Waals surface area contributed by atoms with Crippen molar-refractivity contribution < 1.29 is 28.7 Å². The summed E-state index contributed by atoms with van der Waals surface area (Å²) >= 11 is 0. The van der Waals surface area contributed by atoms with E-state index in [1.165, 1.54) is 0 Å². The van der Waals surface area contributed by atoms with Gasteiger partial charge in [-0.1, -0.05) is 0 Å². The Bertz CT molecular complexity index is 385. The molecule has 0 unspecified atom stereocenters. The molecule has 8 nitrogen and oxygen atoms in total. The summed E-state index contributed by atoms with van der Waals surface area (Å²) in [5.41, 5.74) is 3.30. The minimum atomic E-state index is -4.64. The van der Waals surface area contributed by atoms with Gasteiger partial charge in [-0.15, -0.1) is 0 Å². The molecule has 6 N–H and O–H groups in total. The van der Waals surface area contributed by atoms with E-state index < -0.39 is 7.82 Å². The molecular formula is C8H15N2O6P. The fourth-order valence-electron chi connectivity index (χ4n) is 0.926. The minimum absolute atomic E-state index is 0.660. The highest BCUT2D eigenvalue weighted by atomic mass is 31.2. The predicted octanol–water partition coefficient (Wildman–Crippen LogP) is 0.0608. The van der Waals surface area contributed by atoms with Gasteiger partial charge in [0.1, 0.15) is 0 Å². The van der Waals surface area contributed by atoms with Crippen LogP contribution >= 0.6 is 7.82 Å². The Morgan fingerprint density at radius 3 is 2.00 bits per heavy atom. The van der Waals surface area contributed by atoms with E-state index in [4.69, 9.17) is 34.6 Å². The van der Waals surface area contributed by atoms with Crippen molar-refractivity contribution >= 4 is 13.5 Å². The molecule has 0 saturated carbocycles. The lowest BCUT2D eigenvalue weighted by atomic mass is 10.3. The molecule has 0 bridgehead atoms. The van der Waals surface area contributed by atoms with Crippen LogP contribution in [0.25, 0.3) is 0 Å². The molecule has 0 aromatic heterocycles. The Morgan fingerprint density at radius 1 is 1.18 bits per heavy atom. The SMILES string of the molecule is COc1ccc(NN)cc1OC.O=P(O)(O)O. The highest BCUT2D eigenvalue weighted by molar-refractivity contribution is 7.45. The molecule has 0 atom stereocenters. The summed E-state index contributed by atoms with van der Waals surface area (Å²) in [5, 5.41) is 0. The lowest BCUT2D eigenvalue weighted by Gasteiger charge is -2.08. The van der Waals surface area contributed by atoms with Gasteiger partial charge in [0.25, 0.3) is 0 Å². The Hall–Kier alpha value is -1.31. The van der Waals surface area contributed by atoms with E-state index in [0.29, 0.717) is 11.5 Å². The zero-order valence-electron chi connectivity index (χ0n) is 9.32. The van der Waals surface area contributed by atoms with E-state index in [1.54, 1.807) is 32.4 Å². The first-order valence-corrected chi connectivity index (χ1v) is 5.85. The van der Waals surface area contributed by atoms with Gasteiger partial charge in [0.05, 0.1) is 19.9 Å². The molecule has 0 aliphatic heterocycles. The van der Waals surface area contributed by atoms with Crippen molar-refractivity contribution in [3.05, 3.63) is 18.2 Å². The van der Waals surface area contributed by atoms with Crippen molar-refractivity contribution in [2.75, 3.05) is 19.6 Å². The van der Waals surface area contributed by atoms with E-state index in [0.717, 1.165) is 5.69 Å². The van der Waals surface area contributed by atoms with Crippen LogP contribution in [0.5, 0.6) is 11.5 Å². The average Bonchev–Trinajstić information content (AvgIpc) is 2.25. The largest absolute Gasteiger partial charge is 0.493 e. The number of hydrazine groups is 1. The summed E-state index contributed by atoms with van der Waals surface area (Å²) in [6.45, 7) is 0. The molecule has 0 saturated heterocycles. The van der Waals surface area contributed by atoms with E-state index in [9.17, 15) is 0 Å². The van der Waals surface area contributed by atoms with Gasteiger partial charge in [0.2, 0.25) is 0 Å². The van der Waals surface area contributed by atoms with Gasteiger partial charge in [0, 0.05) is 6.07 Å². The van der Waals surface area contributed by atoms with Gasteiger partial charge in [0.15, 0.2) is 11.5 Å². The number of ether oxygens (including phenoxy) is 2. The summed E-state index contributed by atoms with van der Waals surface area (Å²) in [4.78, 5) is 21.6. The third-order valence-electron chi connectivity index (χ3n) is 1.55. The van der Waals surface area contributed by atoms with Crippen LogP contribution in [0.15, 0.2) is 18.2 Å². The Morgan fingerprint density at radius 2 is 1.65 bits per heavy atom. The normalized spacial score (nSPS) is 10.0. The van der Waals surface area contributed by atoms with E-state index in [2.05, 4.69) is 5.43 Å². The van der Waals surface area contributed by atoms with Crippen molar-refractivity contribution in [1.29, 1.82) is 0 Å². The van der Waals surface area contributed by atoms with E-state index >= 15 is 0 Å². The Kier molecular flexibility index (Phi) is 6.55. The maximum Gasteiger partial charge on any atom is 0.466 e. The molecule has 9 heteroatoms. The molecular weight excluding hydrogens is 251 g/mol. The highest BCUT2D eigenvalue weighted by Gasteiger charge is 2.02. The lowest BCUT2D eigenvalue weighted by Crippen LogP contribution is -2.06. The second-order valence-corrected chi connectivity index (χ2v) is 3.75. The second-order valence-electron chi connectivity index (χ2n) is 2.73. The monoisotopic (exact) mass is 266 g/mol. The number of benzene rings is 1. The van der Waals surface area contributed by atoms with Gasteiger partial charge < -0.3 is 29.6 Å². The summed E-state index contributed by atoms with van der Waals surface area (Å²) in [7, 11) is -1.47. The standard InChI is InChI=1S/C8H12N2O2.H3O4P/c1-11-7-4-3-6(10-9)5-8(7)12-2;1-5(2,3)4/h3-5,10H,9H2,1-2H3;(H3,1,2,3,4). The average molecular weight is 266 g/mol. The predicted molar refractivity (Wildman–Crippen MR) is 61.6 cm³/mol. The van der Waals surface area contributed by atoms with E-state index in [1.807, 2.05) is 0 Å². The molecule has 1 rings (SSSR count). The zero-order valence-corrected chi connectivity index (χ0v) is 10.2. The molecule has 0 spiro atoms. The molecule has 0 aliphatic rings. The van der Waals surface area contributed by atoms with Crippen LogP contribution in [0.3, 0.4) is 0 Å². The van der Waals surface area contributed by atoms with Crippen molar-refractivity contribution in [2.24, 2.45) is 5.84 Å². The third-order valence-corrected chi connectivity index (χ3v) is 1.55. The number of methoxy groups -OCH3 is 2. The van der Waals surface area contributed by atoms with Crippen LogP contribution in [0.2, 0.25) is 0 Å². The summed E-state index contributed by atoms with van der Waals surface area (Å²) in [6.07, 6.45) is 0. The van der Waals surface area contributed by atoms with E-state index in [-0.39, 0.29) is 0 Å². The maximum atomic E-state index is 8.88. The van der Waals surface area contributed by atoms with Crippen LogP contribution in [-0.4, -0.2) is 28.9 Å². The van der Waals surface area contributed by atoms with Crippen molar-refractivity contribution in [3.8, 4) is 11.5 Å². The molecule has 0 fully saturated rings.